The summed E-state index contributed by atoms with van der Waals surface area (Å²) in [5.74, 6) is 0.0391. The summed E-state index contributed by atoms with van der Waals surface area (Å²) in [6, 6.07) is 16.1. The van der Waals surface area contributed by atoms with E-state index in [0.717, 1.165) is 31.5 Å². The maximum Gasteiger partial charge on any atom is 0.244 e. The number of nitrogens with zero attached hydrogens (tertiary/aromatic N) is 2. The van der Waals surface area contributed by atoms with Crippen LogP contribution < -0.4 is 5.32 Å². The van der Waals surface area contributed by atoms with Crippen LogP contribution in [0.5, 0.6) is 0 Å². The summed E-state index contributed by atoms with van der Waals surface area (Å²) in [6.45, 7) is 3.32. The quantitative estimate of drug-likeness (QED) is 0.710. The van der Waals surface area contributed by atoms with Crippen molar-refractivity contribution in [1.82, 2.24) is 14.5 Å². The van der Waals surface area contributed by atoms with Gasteiger partial charge in [0, 0.05) is 32.7 Å². The minimum absolute atomic E-state index is 0.0391. The maximum absolute atomic E-state index is 13.2. The molecule has 0 radical (unpaired) electrons. The molecule has 31 heavy (non-hydrogen) atoms. The van der Waals surface area contributed by atoms with Crippen molar-refractivity contribution < 1.29 is 17.9 Å². The summed E-state index contributed by atoms with van der Waals surface area (Å²) >= 11 is 0. The highest BCUT2D eigenvalue weighted by atomic mass is 32.2. The third-order valence-electron chi connectivity index (χ3n) is 5.85. The van der Waals surface area contributed by atoms with Crippen molar-refractivity contribution in [2.24, 2.45) is 0 Å². The summed E-state index contributed by atoms with van der Waals surface area (Å²) in [5.41, 5.74) is 1.54. The molecule has 2 aromatic carbocycles. The monoisotopic (exact) mass is 443 g/mol. The molecule has 1 amide bonds. The van der Waals surface area contributed by atoms with Crippen LogP contribution >= 0.6 is 0 Å². The SMILES string of the molecule is O=C(C(NCc1ccccc1S(=O)(=O)N1CCOCC1)c1ccccc1)N1CCCC1. The summed E-state index contributed by atoms with van der Waals surface area (Å²) in [4.78, 5) is 15.4. The van der Waals surface area contributed by atoms with Gasteiger partial charge in [-0.15, -0.1) is 0 Å². The second-order valence-electron chi connectivity index (χ2n) is 7.88. The van der Waals surface area contributed by atoms with Crippen LogP contribution in [0.25, 0.3) is 0 Å². The molecule has 2 aliphatic rings. The first-order valence-corrected chi connectivity index (χ1v) is 12.2. The average Bonchev–Trinajstić information content (AvgIpc) is 3.36. The highest BCUT2D eigenvalue weighted by Gasteiger charge is 2.30. The Kier molecular flexibility index (Phi) is 7.02. The molecular weight excluding hydrogens is 414 g/mol. The van der Waals surface area contributed by atoms with Gasteiger partial charge in [-0.25, -0.2) is 8.42 Å². The average molecular weight is 444 g/mol. The van der Waals surface area contributed by atoms with Gasteiger partial charge in [-0.1, -0.05) is 48.5 Å². The Hall–Kier alpha value is -2.26. The van der Waals surface area contributed by atoms with Crippen LogP contribution in [0.4, 0.5) is 0 Å². The molecule has 4 rings (SSSR count). The van der Waals surface area contributed by atoms with Crippen LogP contribution in [-0.2, 0) is 26.1 Å². The van der Waals surface area contributed by atoms with Crippen LogP contribution in [0.15, 0.2) is 59.5 Å². The zero-order valence-electron chi connectivity index (χ0n) is 17.6. The Morgan fingerprint density at radius 1 is 0.935 bits per heavy atom. The molecular formula is C23H29N3O4S. The lowest BCUT2D eigenvalue weighted by atomic mass is 10.0. The molecule has 1 N–H and O–H groups in total. The fourth-order valence-electron chi connectivity index (χ4n) is 4.15. The number of likely N-dealkylation sites (tertiary alicyclic amines) is 1. The maximum atomic E-state index is 13.2. The summed E-state index contributed by atoms with van der Waals surface area (Å²) < 4.78 is 33.2. The molecule has 2 aliphatic heterocycles. The van der Waals surface area contributed by atoms with Gasteiger partial charge in [0.2, 0.25) is 15.9 Å². The molecule has 2 aromatic rings. The largest absolute Gasteiger partial charge is 0.379 e. The molecule has 1 unspecified atom stereocenters. The van der Waals surface area contributed by atoms with Crippen LogP contribution in [-0.4, -0.2) is 62.9 Å². The molecule has 0 aromatic heterocycles. The molecule has 2 heterocycles. The second kappa shape index (κ2) is 9.91. The molecule has 166 valence electrons. The topological polar surface area (TPSA) is 79.0 Å². The molecule has 0 aliphatic carbocycles. The summed E-state index contributed by atoms with van der Waals surface area (Å²) in [7, 11) is -3.62. The van der Waals surface area contributed by atoms with Gasteiger partial charge in [0.05, 0.1) is 18.1 Å². The van der Waals surface area contributed by atoms with Crippen molar-refractivity contribution in [3.05, 3.63) is 65.7 Å². The number of morpholine rings is 1. The fraction of sp³-hybridized carbons (Fsp3) is 0.435. The molecule has 7 nitrogen and oxygen atoms in total. The highest BCUT2D eigenvalue weighted by molar-refractivity contribution is 7.89. The van der Waals surface area contributed by atoms with Crippen molar-refractivity contribution in [3.8, 4) is 0 Å². The van der Waals surface area contributed by atoms with E-state index in [2.05, 4.69) is 5.32 Å². The number of sulfonamides is 1. The number of carbonyl (C=O) groups is 1. The lowest BCUT2D eigenvalue weighted by molar-refractivity contribution is -0.132. The minimum Gasteiger partial charge on any atom is -0.379 e. The Bertz CT molecular complexity index is 985. The smallest absolute Gasteiger partial charge is 0.244 e. The van der Waals surface area contributed by atoms with Gasteiger partial charge in [0.15, 0.2) is 0 Å². The van der Waals surface area contributed by atoms with E-state index in [9.17, 15) is 13.2 Å². The van der Waals surface area contributed by atoms with E-state index < -0.39 is 16.1 Å². The Morgan fingerprint density at radius 3 is 2.29 bits per heavy atom. The minimum atomic E-state index is -3.62. The zero-order valence-corrected chi connectivity index (χ0v) is 18.4. The highest BCUT2D eigenvalue weighted by Crippen LogP contribution is 2.24. The number of ether oxygens (including phenoxy) is 1. The van der Waals surface area contributed by atoms with Crippen LogP contribution in [0.1, 0.15) is 30.0 Å². The first kappa shape index (κ1) is 22.0. The van der Waals surface area contributed by atoms with Crippen LogP contribution in [0.2, 0.25) is 0 Å². The number of nitrogens with one attached hydrogen (secondary N) is 1. The van der Waals surface area contributed by atoms with Crippen molar-refractivity contribution >= 4 is 15.9 Å². The molecule has 0 saturated carbocycles. The van der Waals surface area contributed by atoms with Crippen LogP contribution in [0, 0.1) is 0 Å². The van der Waals surface area contributed by atoms with Gasteiger partial charge in [-0.05, 0) is 30.0 Å². The number of hydrogen-bond donors (Lipinski definition) is 1. The normalized spacial score (nSPS) is 18.8. The Balaban J connectivity index is 1.57. The van der Waals surface area contributed by atoms with E-state index in [4.69, 9.17) is 4.74 Å². The third-order valence-corrected chi connectivity index (χ3v) is 7.85. The summed E-state index contributed by atoms with van der Waals surface area (Å²) in [5, 5.41) is 3.35. The molecule has 2 saturated heterocycles. The van der Waals surface area contributed by atoms with Gasteiger partial charge in [0.1, 0.15) is 6.04 Å². The third kappa shape index (κ3) is 4.98. The van der Waals surface area contributed by atoms with Crippen LogP contribution in [0.3, 0.4) is 0 Å². The van der Waals surface area contributed by atoms with E-state index in [1.54, 1.807) is 12.1 Å². The molecule has 1 atom stereocenters. The molecule has 0 bridgehead atoms. The van der Waals surface area contributed by atoms with Gasteiger partial charge >= 0.3 is 0 Å². The van der Waals surface area contributed by atoms with Crippen molar-refractivity contribution in [2.75, 3.05) is 39.4 Å². The lowest BCUT2D eigenvalue weighted by Crippen LogP contribution is -2.41. The van der Waals surface area contributed by atoms with E-state index in [1.165, 1.54) is 4.31 Å². The first-order chi connectivity index (χ1) is 15.1. The predicted molar refractivity (Wildman–Crippen MR) is 118 cm³/mol. The van der Waals surface area contributed by atoms with E-state index in [1.807, 2.05) is 47.4 Å². The molecule has 2 fully saturated rings. The van der Waals surface area contributed by atoms with Gasteiger partial charge in [-0.3, -0.25) is 10.1 Å². The number of amides is 1. The lowest BCUT2D eigenvalue weighted by Gasteiger charge is -2.28. The van der Waals surface area contributed by atoms with E-state index in [-0.39, 0.29) is 17.3 Å². The van der Waals surface area contributed by atoms with Gasteiger partial charge in [0.25, 0.3) is 0 Å². The molecule has 8 heteroatoms. The summed E-state index contributed by atoms with van der Waals surface area (Å²) in [6.07, 6.45) is 2.04. The second-order valence-corrected chi connectivity index (χ2v) is 9.79. The Labute approximate surface area is 184 Å². The Morgan fingerprint density at radius 2 is 1.58 bits per heavy atom. The first-order valence-electron chi connectivity index (χ1n) is 10.8. The predicted octanol–water partition coefficient (Wildman–Crippen LogP) is 2.16. The fourth-order valence-corrected chi connectivity index (χ4v) is 5.78. The number of carbonyl (C=O) groups excluding carboxylic acids is 1. The molecule has 0 spiro atoms. The van der Waals surface area contributed by atoms with Gasteiger partial charge in [-0.2, -0.15) is 4.31 Å². The van der Waals surface area contributed by atoms with Crippen molar-refractivity contribution in [3.63, 3.8) is 0 Å². The van der Waals surface area contributed by atoms with Gasteiger partial charge < -0.3 is 9.64 Å². The zero-order chi connectivity index (χ0) is 21.7. The van der Waals surface area contributed by atoms with Crippen molar-refractivity contribution in [2.45, 2.75) is 30.3 Å². The number of rotatable bonds is 7. The number of benzene rings is 2. The number of hydrogen-bond acceptors (Lipinski definition) is 5. The van der Waals surface area contributed by atoms with Crippen molar-refractivity contribution in [1.29, 1.82) is 0 Å². The standard InChI is InChI=1S/C23H29N3O4S/c27-23(25-12-6-7-13-25)22(19-8-2-1-3-9-19)24-18-20-10-4-5-11-21(20)31(28,29)26-14-16-30-17-15-26/h1-5,8-11,22,24H,6-7,12-18H2. The van der Waals surface area contributed by atoms with E-state index in [0.29, 0.717) is 31.9 Å². The van der Waals surface area contributed by atoms with E-state index >= 15 is 0 Å².